The van der Waals surface area contributed by atoms with Gasteiger partial charge in [-0.25, -0.2) is 0 Å². The summed E-state index contributed by atoms with van der Waals surface area (Å²) in [6.07, 6.45) is 1.52. The third-order valence-electron chi connectivity index (χ3n) is 4.90. The highest BCUT2D eigenvalue weighted by atomic mass is 16.5. The van der Waals surface area contributed by atoms with Crippen molar-refractivity contribution in [2.24, 2.45) is 5.41 Å². The quantitative estimate of drug-likeness (QED) is 0.873. The van der Waals surface area contributed by atoms with Gasteiger partial charge in [0.15, 0.2) is 6.10 Å². The fourth-order valence-electron chi connectivity index (χ4n) is 3.24. The highest BCUT2D eigenvalue weighted by Crippen LogP contribution is 2.33. The van der Waals surface area contributed by atoms with Crippen LogP contribution in [0.25, 0.3) is 0 Å². The van der Waals surface area contributed by atoms with Gasteiger partial charge in [0, 0.05) is 6.54 Å². The standard InChI is InChI=1S/C18H25N3O3/c1-13-17(23)21(14-5-3-4-6-15(14)24-13)11-16(22)20-12-18(2)7-9-19-10-8-18/h3-6,13,19H,7-12H2,1-2H3,(H,20,22). The predicted molar refractivity (Wildman–Crippen MR) is 92.1 cm³/mol. The summed E-state index contributed by atoms with van der Waals surface area (Å²) >= 11 is 0. The van der Waals surface area contributed by atoms with E-state index in [-0.39, 0.29) is 23.8 Å². The molecule has 2 aliphatic heterocycles. The maximum absolute atomic E-state index is 12.4. The first kappa shape index (κ1) is 16.8. The van der Waals surface area contributed by atoms with Crippen molar-refractivity contribution in [3.05, 3.63) is 24.3 Å². The molecule has 24 heavy (non-hydrogen) atoms. The molecule has 1 aromatic carbocycles. The molecule has 0 radical (unpaired) electrons. The van der Waals surface area contributed by atoms with E-state index < -0.39 is 6.10 Å². The summed E-state index contributed by atoms with van der Waals surface area (Å²) < 4.78 is 5.60. The van der Waals surface area contributed by atoms with Crippen LogP contribution in [0.3, 0.4) is 0 Å². The maximum Gasteiger partial charge on any atom is 0.268 e. The fourth-order valence-corrected chi connectivity index (χ4v) is 3.24. The largest absolute Gasteiger partial charge is 0.479 e. The van der Waals surface area contributed by atoms with Gasteiger partial charge in [-0.15, -0.1) is 0 Å². The molecular formula is C18H25N3O3. The van der Waals surface area contributed by atoms with E-state index in [2.05, 4.69) is 17.6 Å². The lowest BCUT2D eigenvalue weighted by molar-refractivity contribution is -0.128. The number of para-hydroxylation sites is 2. The normalized spacial score (nSPS) is 22.5. The van der Waals surface area contributed by atoms with Gasteiger partial charge in [0.1, 0.15) is 12.3 Å². The number of benzene rings is 1. The van der Waals surface area contributed by atoms with Crippen LogP contribution >= 0.6 is 0 Å². The Labute approximate surface area is 142 Å². The third kappa shape index (κ3) is 3.53. The Balaban J connectivity index is 1.64. The Morgan fingerprint density at radius 2 is 2.08 bits per heavy atom. The average molecular weight is 331 g/mol. The minimum absolute atomic E-state index is 0.0257. The topological polar surface area (TPSA) is 70.7 Å². The lowest BCUT2D eigenvalue weighted by Gasteiger charge is -2.35. The molecule has 130 valence electrons. The average Bonchev–Trinajstić information content (AvgIpc) is 2.58. The second-order valence-corrected chi connectivity index (χ2v) is 6.99. The van der Waals surface area contributed by atoms with Crippen molar-refractivity contribution in [1.82, 2.24) is 10.6 Å². The highest BCUT2D eigenvalue weighted by Gasteiger charge is 2.33. The molecule has 1 fully saturated rings. The number of anilines is 1. The van der Waals surface area contributed by atoms with Gasteiger partial charge in [0.2, 0.25) is 5.91 Å². The zero-order chi connectivity index (χ0) is 17.2. The number of piperidine rings is 1. The van der Waals surface area contributed by atoms with Crippen molar-refractivity contribution in [3.63, 3.8) is 0 Å². The van der Waals surface area contributed by atoms with Gasteiger partial charge in [0.05, 0.1) is 5.69 Å². The van der Waals surface area contributed by atoms with Gasteiger partial charge >= 0.3 is 0 Å². The lowest BCUT2D eigenvalue weighted by atomic mass is 9.81. The summed E-state index contributed by atoms with van der Waals surface area (Å²) in [6, 6.07) is 7.32. The van der Waals surface area contributed by atoms with E-state index >= 15 is 0 Å². The van der Waals surface area contributed by atoms with E-state index in [0.29, 0.717) is 18.0 Å². The summed E-state index contributed by atoms with van der Waals surface area (Å²) in [5.74, 6) is 0.326. The van der Waals surface area contributed by atoms with E-state index in [9.17, 15) is 9.59 Å². The van der Waals surface area contributed by atoms with Gasteiger partial charge in [-0.3, -0.25) is 14.5 Å². The smallest absolute Gasteiger partial charge is 0.268 e. The molecule has 6 heteroatoms. The molecule has 2 N–H and O–H groups in total. The van der Waals surface area contributed by atoms with Crippen LogP contribution in [0.2, 0.25) is 0 Å². The van der Waals surface area contributed by atoms with Crippen molar-refractivity contribution >= 4 is 17.5 Å². The van der Waals surface area contributed by atoms with Crippen LogP contribution in [-0.2, 0) is 9.59 Å². The van der Waals surface area contributed by atoms with E-state index in [1.54, 1.807) is 13.0 Å². The molecule has 1 aromatic rings. The number of hydrogen-bond donors (Lipinski definition) is 2. The first-order valence-electron chi connectivity index (χ1n) is 8.53. The summed E-state index contributed by atoms with van der Waals surface area (Å²) in [4.78, 5) is 26.3. The summed E-state index contributed by atoms with van der Waals surface area (Å²) in [7, 11) is 0. The van der Waals surface area contributed by atoms with Gasteiger partial charge in [-0.05, 0) is 50.4 Å². The van der Waals surface area contributed by atoms with Crippen LogP contribution in [0.5, 0.6) is 5.75 Å². The van der Waals surface area contributed by atoms with Crippen molar-refractivity contribution in [2.75, 3.05) is 31.1 Å². The van der Waals surface area contributed by atoms with E-state index in [0.717, 1.165) is 25.9 Å². The number of ether oxygens (including phenoxy) is 1. The Morgan fingerprint density at radius 3 is 2.83 bits per heavy atom. The number of hydrogen-bond acceptors (Lipinski definition) is 4. The first-order chi connectivity index (χ1) is 11.5. The number of carbonyl (C=O) groups excluding carboxylic acids is 2. The van der Waals surface area contributed by atoms with Gasteiger partial charge in [-0.1, -0.05) is 19.1 Å². The van der Waals surface area contributed by atoms with Crippen molar-refractivity contribution in [3.8, 4) is 5.75 Å². The van der Waals surface area contributed by atoms with Crippen molar-refractivity contribution in [1.29, 1.82) is 0 Å². The molecule has 0 spiro atoms. The molecular weight excluding hydrogens is 306 g/mol. The summed E-state index contributed by atoms with van der Waals surface area (Å²) in [5, 5.41) is 6.34. The number of nitrogens with zero attached hydrogens (tertiary/aromatic N) is 1. The second-order valence-electron chi connectivity index (χ2n) is 6.99. The summed E-state index contributed by atoms with van der Waals surface area (Å²) in [5.41, 5.74) is 0.782. The molecule has 3 rings (SSSR count). The minimum atomic E-state index is -0.574. The lowest BCUT2D eigenvalue weighted by Crippen LogP contribution is -2.50. The number of amides is 2. The van der Waals surface area contributed by atoms with E-state index in [1.807, 2.05) is 18.2 Å². The van der Waals surface area contributed by atoms with Crippen molar-refractivity contribution in [2.45, 2.75) is 32.8 Å². The van der Waals surface area contributed by atoms with Crippen molar-refractivity contribution < 1.29 is 14.3 Å². The third-order valence-corrected chi connectivity index (χ3v) is 4.90. The molecule has 2 aliphatic rings. The Morgan fingerprint density at radius 1 is 1.38 bits per heavy atom. The molecule has 1 saturated heterocycles. The van der Waals surface area contributed by atoms with Crippen LogP contribution < -0.4 is 20.3 Å². The minimum Gasteiger partial charge on any atom is -0.479 e. The van der Waals surface area contributed by atoms with Crippen LogP contribution in [0.1, 0.15) is 26.7 Å². The molecule has 0 bridgehead atoms. The molecule has 1 unspecified atom stereocenters. The van der Waals surface area contributed by atoms with Crippen LogP contribution in [0.4, 0.5) is 5.69 Å². The monoisotopic (exact) mass is 331 g/mol. The number of rotatable bonds is 4. The van der Waals surface area contributed by atoms with E-state index in [4.69, 9.17) is 4.74 Å². The molecule has 0 aromatic heterocycles. The Hall–Kier alpha value is -2.08. The first-order valence-corrected chi connectivity index (χ1v) is 8.53. The van der Waals surface area contributed by atoms with Crippen LogP contribution in [0.15, 0.2) is 24.3 Å². The molecule has 0 saturated carbocycles. The molecule has 6 nitrogen and oxygen atoms in total. The van der Waals surface area contributed by atoms with Crippen LogP contribution in [-0.4, -0.2) is 44.1 Å². The zero-order valence-corrected chi connectivity index (χ0v) is 14.3. The second kappa shape index (κ2) is 6.81. The number of nitrogens with one attached hydrogen (secondary N) is 2. The predicted octanol–water partition coefficient (Wildman–Crippen LogP) is 1.31. The van der Waals surface area contributed by atoms with Gasteiger partial charge < -0.3 is 15.4 Å². The Kier molecular flexibility index (Phi) is 4.76. The fraction of sp³-hybridized carbons (Fsp3) is 0.556. The Bertz CT molecular complexity index is 626. The SMILES string of the molecule is CC1Oc2ccccc2N(CC(=O)NCC2(C)CCNCC2)C1=O. The molecule has 2 heterocycles. The summed E-state index contributed by atoms with van der Waals surface area (Å²) in [6.45, 7) is 6.55. The number of carbonyl (C=O) groups is 2. The highest BCUT2D eigenvalue weighted by molar-refractivity contribution is 6.03. The van der Waals surface area contributed by atoms with Gasteiger partial charge in [-0.2, -0.15) is 0 Å². The number of fused-ring (bicyclic) bond motifs is 1. The maximum atomic E-state index is 12.4. The van der Waals surface area contributed by atoms with E-state index in [1.165, 1.54) is 4.90 Å². The molecule has 0 aliphatic carbocycles. The van der Waals surface area contributed by atoms with Crippen LogP contribution in [0, 0.1) is 5.41 Å². The molecule has 2 amide bonds. The molecule has 1 atom stereocenters. The van der Waals surface area contributed by atoms with Gasteiger partial charge in [0.25, 0.3) is 5.91 Å². The zero-order valence-electron chi connectivity index (χ0n) is 14.3.